The fourth-order valence-corrected chi connectivity index (χ4v) is 14.1. The molecule has 0 bridgehead atoms. The quantitative estimate of drug-likeness (QED) is 0.233. The molecule has 6 aliphatic carbocycles. The molecule has 2 aliphatic heterocycles. The molecule has 0 aromatic carbocycles. The van der Waals surface area contributed by atoms with Crippen LogP contribution in [0.5, 0.6) is 0 Å². The Labute approximate surface area is 257 Å². The van der Waals surface area contributed by atoms with Crippen LogP contribution in [0.25, 0.3) is 0 Å². The molecule has 226 valence electrons. The first-order chi connectivity index (χ1) is 20.7. The number of nitrogens with one attached hydrogen (secondary N) is 3. The lowest BCUT2D eigenvalue weighted by molar-refractivity contribution is -0.0108. The summed E-state index contributed by atoms with van der Waals surface area (Å²) in [4.78, 5) is 0. The van der Waals surface area contributed by atoms with E-state index in [1.54, 1.807) is 5.57 Å². The predicted molar refractivity (Wildman–Crippen MR) is 177 cm³/mol. The molecule has 4 heteroatoms. The van der Waals surface area contributed by atoms with E-state index in [9.17, 15) is 0 Å². The number of rotatable bonds is 4. The fourth-order valence-electron chi connectivity index (χ4n) is 11.1. The zero-order valence-corrected chi connectivity index (χ0v) is 26.9. The van der Waals surface area contributed by atoms with E-state index in [0.29, 0.717) is 18.2 Å². The monoisotopic (exact) mass is 580 g/mol. The predicted octanol–water partition coefficient (Wildman–Crippen LogP) is 7.95. The Balaban J connectivity index is 1.06. The first-order valence-corrected chi connectivity index (χ1v) is 20.0. The summed E-state index contributed by atoms with van der Waals surface area (Å²) in [6.07, 6.45) is 43.9. The van der Waals surface area contributed by atoms with E-state index in [4.69, 9.17) is 0 Å². The van der Waals surface area contributed by atoms with Gasteiger partial charge in [0.1, 0.15) is 0 Å². The lowest BCUT2D eigenvalue weighted by Crippen LogP contribution is -2.72. The number of hydrogen-bond donors (Lipinski definition) is 3. The highest BCUT2D eigenvalue weighted by Gasteiger charge is 2.47. The smallest absolute Gasteiger partial charge is 0.0855 e. The van der Waals surface area contributed by atoms with Gasteiger partial charge in [-0.2, -0.15) is 6.55 Å². The normalized spacial score (nSPS) is 46.5. The largest absolute Gasteiger partial charge is 0.286 e. The van der Waals surface area contributed by atoms with Gasteiger partial charge >= 0.3 is 0 Å². The molecule has 3 nitrogen and oxygen atoms in total. The maximum atomic E-state index is 4.26. The van der Waals surface area contributed by atoms with E-state index in [-0.39, 0.29) is 6.17 Å². The molecule has 2 saturated carbocycles. The van der Waals surface area contributed by atoms with Gasteiger partial charge in [-0.15, -0.1) is 11.6 Å². The average molecular weight is 581 g/mol. The van der Waals surface area contributed by atoms with Crippen molar-refractivity contribution in [2.75, 3.05) is 0 Å². The summed E-state index contributed by atoms with van der Waals surface area (Å²) in [5.41, 5.74) is 2.33. The SMILES string of the molecule is C[Si-]1C2=CC(C3NC(C4CC=CCC4)NC(C4CCC(C5C=CCCC5)C5CCCCC45)N3)=CCC2C2C=CC=CC21. The van der Waals surface area contributed by atoms with Gasteiger partial charge in [0, 0.05) is 0 Å². The Kier molecular flexibility index (Phi) is 8.11. The van der Waals surface area contributed by atoms with E-state index < -0.39 is 8.80 Å². The standard InChI is InChI=1S/C38H54N3Si/c1-42-34-19-11-10-18-31(34)32-21-20-27(24-35(32)42)37-39-36(26-14-6-3-7-15-26)40-38(41-37)33-23-22-28(25-12-4-2-5-13-25)29-16-8-9-17-30(29)33/h3-4,6,10-12,18-20,24-26,28-34,36-41H,2,5,7-9,13-17,21-23H2,1H3/q-1. The highest BCUT2D eigenvalue weighted by molar-refractivity contribution is 6.69. The van der Waals surface area contributed by atoms with Crippen LogP contribution in [0.15, 0.2) is 71.5 Å². The second kappa shape index (κ2) is 12.1. The van der Waals surface area contributed by atoms with E-state index >= 15 is 0 Å². The lowest BCUT2D eigenvalue weighted by atomic mass is 9.57. The van der Waals surface area contributed by atoms with Gasteiger partial charge in [-0.3, -0.25) is 24.7 Å². The van der Waals surface area contributed by atoms with Crippen molar-refractivity contribution in [3.63, 3.8) is 0 Å². The number of hydrogen-bond acceptors (Lipinski definition) is 3. The molecule has 2 heterocycles. The fraction of sp³-hybridized carbons (Fsp3) is 0.684. The van der Waals surface area contributed by atoms with Crippen molar-refractivity contribution in [2.24, 2.45) is 47.3 Å². The first kappa shape index (κ1) is 28.0. The van der Waals surface area contributed by atoms with Gasteiger partial charge in [0.2, 0.25) is 0 Å². The Bertz CT molecular complexity index is 1180. The molecule has 3 N–H and O–H groups in total. The van der Waals surface area contributed by atoms with Crippen molar-refractivity contribution in [1.29, 1.82) is 0 Å². The van der Waals surface area contributed by atoms with Crippen molar-refractivity contribution in [1.82, 2.24) is 16.0 Å². The molecule has 8 rings (SSSR count). The molecular weight excluding hydrogens is 527 g/mol. The molecule has 2 saturated heterocycles. The van der Waals surface area contributed by atoms with Gasteiger partial charge in [-0.05, 0) is 124 Å². The summed E-state index contributed by atoms with van der Waals surface area (Å²) >= 11 is 0. The molecule has 0 spiro atoms. The van der Waals surface area contributed by atoms with Crippen molar-refractivity contribution in [3.05, 3.63) is 71.5 Å². The summed E-state index contributed by atoms with van der Waals surface area (Å²) in [7, 11) is -0.526. The van der Waals surface area contributed by atoms with Crippen LogP contribution >= 0.6 is 0 Å². The number of allylic oxidation sites excluding steroid dienone is 10. The van der Waals surface area contributed by atoms with Crippen molar-refractivity contribution in [2.45, 2.75) is 114 Å². The van der Waals surface area contributed by atoms with Crippen molar-refractivity contribution < 1.29 is 0 Å². The third kappa shape index (κ3) is 5.16. The third-order valence-corrected chi connectivity index (χ3v) is 16.2. The molecular formula is C38H54N3Si-. The van der Waals surface area contributed by atoms with E-state index in [0.717, 1.165) is 47.0 Å². The maximum Gasteiger partial charge on any atom is 0.0855 e. The molecule has 0 amide bonds. The van der Waals surface area contributed by atoms with Crippen LogP contribution in [0.3, 0.4) is 0 Å². The lowest BCUT2D eigenvalue weighted by Gasteiger charge is -2.53. The van der Waals surface area contributed by atoms with E-state index in [1.165, 1.54) is 83.5 Å². The molecule has 8 aliphatic rings. The van der Waals surface area contributed by atoms with Gasteiger partial charge < -0.3 is 0 Å². The minimum Gasteiger partial charge on any atom is -0.286 e. The molecule has 0 radical (unpaired) electrons. The van der Waals surface area contributed by atoms with Crippen molar-refractivity contribution in [3.8, 4) is 0 Å². The average Bonchev–Trinajstić information content (AvgIpc) is 3.36. The molecule has 12 unspecified atom stereocenters. The summed E-state index contributed by atoms with van der Waals surface area (Å²) in [6.45, 7) is 2.59. The van der Waals surface area contributed by atoms with Crippen LogP contribution in [-0.2, 0) is 0 Å². The highest BCUT2D eigenvalue weighted by Crippen LogP contribution is 2.53. The molecule has 12 atom stereocenters. The van der Waals surface area contributed by atoms with E-state index in [2.05, 4.69) is 83.3 Å². The minimum atomic E-state index is -0.526. The van der Waals surface area contributed by atoms with Gasteiger partial charge in [-0.25, -0.2) is 5.20 Å². The van der Waals surface area contributed by atoms with Crippen LogP contribution in [0.2, 0.25) is 12.1 Å². The zero-order chi connectivity index (χ0) is 28.0. The highest BCUT2D eigenvalue weighted by atomic mass is 28.3. The Hall–Kier alpha value is -1.46. The zero-order valence-electron chi connectivity index (χ0n) is 25.9. The summed E-state index contributed by atoms with van der Waals surface area (Å²) in [6, 6.07) is 0. The van der Waals surface area contributed by atoms with Gasteiger partial charge in [0.05, 0.1) is 18.5 Å². The topological polar surface area (TPSA) is 36.1 Å². The van der Waals surface area contributed by atoms with Crippen LogP contribution < -0.4 is 16.0 Å². The van der Waals surface area contributed by atoms with Gasteiger partial charge in [0.25, 0.3) is 0 Å². The second-order valence-corrected chi connectivity index (χ2v) is 17.8. The minimum absolute atomic E-state index is 0.269. The molecule has 4 fully saturated rings. The summed E-state index contributed by atoms with van der Waals surface area (Å²) in [5, 5.41) is 14.5. The van der Waals surface area contributed by atoms with Gasteiger partial charge in [0.15, 0.2) is 0 Å². The Morgan fingerprint density at radius 3 is 2.36 bits per heavy atom. The summed E-state index contributed by atoms with van der Waals surface area (Å²) < 4.78 is 0. The van der Waals surface area contributed by atoms with Crippen LogP contribution in [0.1, 0.15) is 83.5 Å². The second-order valence-electron chi connectivity index (χ2n) is 15.2. The maximum absolute atomic E-state index is 4.26. The molecule has 42 heavy (non-hydrogen) atoms. The van der Waals surface area contributed by atoms with Crippen molar-refractivity contribution >= 4 is 8.80 Å². The number of fused-ring (bicyclic) bond motifs is 4. The van der Waals surface area contributed by atoms with Crippen LogP contribution in [0, 0.1) is 47.3 Å². The summed E-state index contributed by atoms with van der Waals surface area (Å²) in [5.74, 6) is 6.52. The Morgan fingerprint density at radius 2 is 1.52 bits per heavy atom. The molecule has 0 aromatic heterocycles. The third-order valence-electron chi connectivity index (χ3n) is 13.2. The van der Waals surface area contributed by atoms with Crippen LogP contribution in [0.4, 0.5) is 0 Å². The van der Waals surface area contributed by atoms with E-state index in [1.807, 2.05) is 5.20 Å². The Morgan fingerprint density at radius 1 is 0.690 bits per heavy atom. The molecule has 0 aromatic rings. The van der Waals surface area contributed by atoms with Crippen LogP contribution in [-0.4, -0.2) is 27.3 Å². The first-order valence-electron chi connectivity index (χ1n) is 17.9. The van der Waals surface area contributed by atoms with Gasteiger partial charge in [-0.1, -0.05) is 67.5 Å².